The first-order valence-electron chi connectivity index (χ1n) is 8.96. The molecule has 0 bridgehead atoms. The smallest absolute Gasteiger partial charge is 0.333 e. The summed E-state index contributed by atoms with van der Waals surface area (Å²) in [6, 6.07) is 27.1. The van der Waals surface area contributed by atoms with Gasteiger partial charge in [0.1, 0.15) is 12.1 Å². The Morgan fingerprint density at radius 3 is 2.37 bits per heavy atom. The zero-order valence-electron chi connectivity index (χ0n) is 16.2. The van der Waals surface area contributed by atoms with Gasteiger partial charge in [0.15, 0.2) is 0 Å². The molecule has 0 fully saturated rings. The third kappa shape index (κ3) is 3.41. The predicted molar refractivity (Wildman–Crippen MR) is 110 cm³/mol. The molecule has 5 rings (SSSR count). The van der Waals surface area contributed by atoms with E-state index in [4.69, 9.17) is 5.26 Å². The van der Waals surface area contributed by atoms with Gasteiger partial charge in [0, 0.05) is 23.5 Å². The number of hydrogen-bond acceptors (Lipinski definition) is 4. The molecule has 30 heavy (non-hydrogen) atoms. The van der Waals surface area contributed by atoms with E-state index in [1.165, 1.54) is 0 Å². The molecule has 6 heteroatoms. The number of aromatic nitrogens is 3. The molecule has 0 amide bonds. The Balaban J connectivity index is 0.00000218. The van der Waals surface area contributed by atoms with E-state index in [1.807, 2.05) is 54.6 Å². The number of nitrogens with zero attached hydrogens (tertiary/aromatic N) is 5. The summed E-state index contributed by atoms with van der Waals surface area (Å²) in [7, 11) is 0. The van der Waals surface area contributed by atoms with Crippen molar-refractivity contribution in [2.24, 2.45) is 0 Å². The van der Waals surface area contributed by atoms with Crippen molar-refractivity contribution in [3.8, 4) is 29.0 Å². The minimum Gasteiger partial charge on any atom is -0.333 e. The van der Waals surface area contributed by atoms with Crippen LogP contribution in [0.3, 0.4) is 0 Å². The van der Waals surface area contributed by atoms with Gasteiger partial charge in [-0.3, -0.25) is 0 Å². The van der Waals surface area contributed by atoms with Gasteiger partial charge in [-0.25, -0.2) is 9.97 Å². The van der Waals surface area contributed by atoms with Gasteiger partial charge < -0.3 is 4.57 Å². The van der Waals surface area contributed by atoms with Crippen LogP contribution in [0.5, 0.6) is 0 Å². The summed E-state index contributed by atoms with van der Waals surface area (Å²) in [5.74, 6) is 0.118. The zero-order valence-corrected chi connectivity index (χ0v) is 21.1. The summed E-state index contributed by atoms with van der Waals surface area (Å²) in [5, 5.41) is 21.0. The van der Waals surface area contributed by atoms with E-state index in [0.717, 1.165) is 38.6 Å². The largest absolute Gasteiger partial charge is 1.00 e. The van der Waals surface area contributed by atoms with Crippen molar-refractivity contribution in [1.29, 1.82) is 10.5 Å². The van der Waals surface area contributed by atoms with Crippen molar-refractivity contribution in [2.45, 2.75) is 0 Å². The van der Waals surface area contributed by atoms with Crippen molar-refractivity contribution in [3.63, 3.8) is 0 Å². The Bertz CT molecular complexity index is 1420. The fourth-order valence-corrected chi connectivity index (χ4v) is 3.65. The van der Waals surface area contributed by atoms with E-state index in [2.05, 4.69) is 38.8 Å². The molecule has 2 heterocycles. The van der Waals surface area contributed by atoms with E-state index in [0.29, 0.717) is 5.56 Å². The maximum atomic E-state index is 9.87. The number of benzene rings is 3. The van der Waals surface area contributed by atoms with Crippen molar-refractivity contribution in [1.82, 2.24) is 14.5 Å². The van der Waals surface area contributed by atoms with Crippen LogP contribution in [-0.2, 0) is 0 Å². The van der Waals surface area contributed by atoms with Crippen molar-refractivity contribution >= 4 is 21.8 Å². The van der Waals surface area contributed by atoms with Gasteiger partial charge in [-0.2, -0.15) is 28.7 Å². The van der Waals surface area contributed by atoms with Gasteiger partial charge in [-0.05, 0) is 29.1 Å². The van der Waals surface area contributed by atoms with E-state index < -0.39 is 0 Å². The summed E-state index contributed by atoms with van der Waals surface area (Å²) in [4.78, 5) is 8.04. The van der Waals surface area contributed by atoms with Crippen LogP contribution in [0.2, 0.25) is 0 Å². The summed E-state index contributed by atoms with van der Waals surface area (Å²) in [5.41, 5.74) is 4.99. The summed E-state index contributed by atoms with van der Waals surface area (Å²) in [6.07, 6.45) is 3.19. The Morgan fingerprint density at radius 1 is 0.833 bits per heavy atom. The molecule has 5 aromatic rings. The first kappa shape index (κ1) is 20.6. The average Bonchev–Trinajstić information content (AvgIpc) is 3.13. The second-order valence-corrected chi connectivity index (χ2v) is 6.55. The number of hydrogen-bond donors (Lipinski definition) is 0. The molecule has 0 atom stereocenters. The van der Waals surface area contributed by atoms with Crippen molar-refractivity contribution in [2.75, 3.05) is 0 Å². The van der Waals surface area contributed by atoms with Gasteiger partial charge in [0.2, 0.25) is 5.82 Å². The third-order valence-corrected chi connectivity index (χ3v) is 4.96. The molecule has 5 nitrogen and oxygen atoms in total. The van der Waals surface area contributed by atoms with E-state index in [9.17, 15) is 5.26 Å². The standard InChI is InChI=1S/C24H12N5.Rb/c25-12-17-11-16(18-14-27-24(13-26)28-15-18)9-10-21(17)29-22-7-3-1-5-19(22)20-6-2-4-8-23(20)29;/h1,3-11,14-15H;/q-1;+1. The minimum absolute atomic E-state index is 0. The normalized spacial score (nSPS) is 10.3. The molecule has 0 spiro atoms. The van der Waals surface area contributed by atoms with Crippen LogP contribution in [0, 0.1) is 28.7 Å². The number of nitriles is 2. The van der Waals surface area contributed by atoms with Crippen LogP contribution in [0.15, 0.2) is 73.1 Å². The number of rotatable bonds is 2. The van der Waals surface area contributed by atoms with Crippen molar-refractivity contribution < 1.29 is 58.2 Å². The van der Waals surface area contributed by atoms with Gasteiger partial charge in [0.05, 0.1) is 11.3 Å². The Kier molecular flexibility index (Phi) is 5.90. The molecule has 134 valence electrons. The second kappa shape index (κ2) is 8.59. The Morgan fingerprint density at radius 2 is 1.60 bits per heavy atom. The number of fused-ring (bicyclic) bond motifs is 3. The molecule has 0 N–H and O–H groups in total. The van der Waals surface area contributed by atoms with Crippen LogP contribution in [0.25, 0.3) is 38.6 Å². The van der Waals surface area contributed by atoms with Gasteiger partial charge in [-0.15, -0.1) is 11.5 Å². The van der Waals surface area contributed by atoms with E-state index in [1.54, 1.807) is 12.4 Å². The minimum atomic E-state index is 0. The molecular weight excluding hydrogens is 444 g/mol. The molecule has 0 saturated carbocycles. The maximum Gasteiger partial charge on any atom is 1.00 e. The molecular formula is C24H12N5Rb. The van der Waals surface area contributed by atoms with Crippen LogP contribution < -0.4 is 58.2 Å². The predicted octanol–water partition coefficient (Wildman–Crippen LogP) is 1.79. The molecule has 2 aromatic heterocycles. The van der Waals surface area contributed by atoms with E-state index >= 15 is 0 Å². The first-order chi connectivity index (χ1) is 14.3. The van der Waals surface area contributed by atoms with Gasteiger partial charge in [0.25, 0.3) is 0 Å². The Labute approximate surface area is 222 Å². The molecule has 0 aliphatic carbocycles. The Hall–Kier alpha value is -2.67. The molecule has 0 unspecified atom stereocenters. The average molecular weight is 456 g/mol. The third-order valence-electron chi connectivity index (χ3n) is 4.96. The molecule has 3 aromatic carbocycles. The first-order valence-corrected chi connectivity index (χ1v) is 8.96. The van der Waals surface area contributed by atoms with Crippen LogP contribution >= 0.6 is 0 Å². The summed E-state index contributed by atoms with van der Waals surface area (Å²) >= 11 is 0. The second-order valence-electron chi connectivity index (χ2n) is 6.55. The van der Waals surface area contributed by atoms with E-state index in [-0.39, 0.29) is 64.0 Å². The maximum absolute atomic E-state index is 9.87. The SMILES string of the molecule is N#Cc1ncc(-c2ccc(-n3c4cc[c-]cc4c4ccccc43)c(C#N)c2)cn1.[Rb+]. The quantitative estimate of drug-likeness (QED) is 0.380. The summed E-state index contributed by atoms with van der Waals surface area (Å²) < 4.78 is 2.11. The fraction of sp³-hybridized carbons (Fsp3) is 0. The molecule has 0 aliphatic rings. The monoisotopic (exact) mass is 455 g/mol. The fourth-order valence-electron chi connectivity index (χ4n) is 3.65. The number of para-hydroxylation sites is 1. The van der Waals surface area contributed by atoms with Crippen LogP contribution in [0.1, 0.15) is 11.4 Å². The molecule has 0 aliphatic heterocycles. The van der Waals surface area contributed by atoms with Gasteiger partial charge in [-0.1, -0.05) is 29.8 Å². The zero-order chi connectivity index (χ0) is 19.8. The molecule has 0 saturated heterocycles. The van der Waals surface area contributed by atoms with Gasteiger partial charge >= 0.3 is 58.2 Å². The van der Waals surface area contributed by atoms with Crippen LogP contribution in [-0.4, -0.2) is 14.5 Å². The summed E-state index contributed by atoms with van der Waals surface area (Å²) in [6.45, 7) is 0. The van der Waals surface area contributed by atoms with Crippen molar-refractivity contribution in [3.05, 3.63) is 90.5 Å². The molecule has 0 radical (unpaired) electrons. The topological polar surface area (TPSA) is 78.3 Å². The van der Waals surface area contributed by atoms with Crippen LogP contribution in [0.4, 0.5) is 0 Å².